The van der Waals surface area contributed by atoms with Crippen LogP contribution in [-0.2, 0) is 0 Å². The number of hydrogen-bond acceptors (Lipinski definition) is 7. The molecule has 3 saturated heterocycles. The summed E-state index contributed by atoms with van der Waals surface area (Å²) < 4.78 is 0. The summed E-state index contributed by atoms with van der Waals surface area (Å²) in [4.78, 5) is 18.9. The lowest BCUT2D eigenvalue weighted by Crippen LogP contribution is -2.45. The summed E-state index contributed by atoms with van der Waals surface area (Å²) in [5, 5.41) is 0. The van der Waals surface area contributed by atoms with Gasteiger partial charge in [-0.1, -0.05) is 6.42 Å². The minimum Gasteiger partial charge on any atom is -0.368 e. The van der Waals surface area contributed by atoms with Crippen molar-refractivity contribution in [1.82, 2.24) is 19.8 Å². The quantitative estimate of drug-likeness (QED) is 0.858. The Hall–Kier alpha value is -1.60. The van der Waals surface area contributed by atoms with E-state index in [1.807, 2.05) is 0 Å². The summed E-state index contributed by atoms with van der Waals surface area (Å²) in [6.07, 6.45) is 6.72. The summed E-state index contributed by atoms with van der Waals surface area (Å²) in [5.74, 6) is 3.14. The highest BCUT2D eigenvalue weighted by molar-refractivity contribution is 5.54. The highest BCUT2D eigenvalue weighted by Crippen LogP contribution is 2.27. The van der Waals surface area contributed by atoms with E-state index in [4.69, 9.17) is 5.73 Å². The summed E-state index contributed by atoms with van der Waals surface area (Å²) in [5.41, 5.74) is 6.09. The molecule has 7 nitrogen and oxygen atoms in total. The van der Waals surface area contributed by atoms with Crippen LogP contribution in [0.2, 0.25) is 0 Å². The van der Waals surface area contributed by atoms with Crippen molar-refractivity contribution in [3.8, 4) is 0 Å². The fourth-order valence-corrected chi connectivity index (χ4v) is 4.73. The largest absolute Gasteiger partial charge is 0.368 e. The number of aromatic nitrogens is 2. The van der Waals surface area contributed by atoms with Gasteiger partial charge < -0.3 is 25.3 Å². The van der Waals surface area contributed by atoms with Crippen molar-refractivity contribution in [2.24, 2.45) is 5.92 Å². The maximum absolute atomic E-state index is 6.09. The number of likely N-dealkylation sites (N-methyl/N-ethyl adjacent to an activating group) is 1. The van der Waals surface area contributed by atoms with Crippen LogP contribution in [0.25, 0.3) is 0 Å². The third kappa shape index (κ3) is 4.82. The van der Waals surface area contributed by atoms with Crippen LogP contribution < -0.4 is 15.5 Å². The van der Waals surface area contributed by atoms with Gasteiger partial charge in [0, 0.05) is 51.9 Å². The summed E-state index contributed by atoms with van der Waals surface area (Å²) in [6, 6.07) is 2.16. The lowest BCUT2D eigenvalue weighted by molar-refractivity contribution is 0.185. The fourth-order valence-electron chi connectivity index (χ4n) is 4.73. The van der Waals surface area contributed by atoms with Crippen molar-refractivity contribution in [3.05, 3.63) is 6.07 Å². The van der Waals surface area contributed by atoms with Gasteiger partial charge in [-0.3, -0.25) is 0 Å². The van der Waals surface area contributed by atoms with Gasteiger partial charge in [0.25, 0.3) is 0 Å². The molecule has 7 heteroatoms. The molecular formula is C20H35N7. The van der Waals surface area contributed by atoms with E-state index in [0.717, 1.165) is 56.8 Å². The SMILES string of the molecule is CN1CCN(c2cc(N3CCC[C@H](CN4CCCCC4)C3)nc(N)n2)CC1. The van der Waals surface area contributed by atoms with E-state index in [-0.39, 0.29) is 0 Å². The molecular weight excluding hydrogens is 338 g/mol. The first kappa shape index (κ1) is 18.7. The van der Waals surface area contributed by atoms with E-state index in [0.29, 0.717) is 5.95 Å². The lowest BCUT2D eigenvalue weighted by atomic mass is 9.96. The Morgan fingerprint density at radius 3 is 2.33 bits per heavy atom. The Balaban J connectivity index is 1.42. The molecule has 0 spiro atoms. The first-order valence-electron chi connectivity index (χ1n) is 10.7. The van der Waals surface area contributed by atoms with E-state index in [1.54, 1.807) is 0 Å². The highest BCUT2D eigenvalue weighted by Gasteiger charge is 2.25. The first-order chi connectivity index (χ1) is 13.2. The molecule has 0 radical (unpaired) electrons. The molecule has 1 aromatic heterocycles. The van der Waals surface area contributed by atoms with Crippen LogP contribution in [0.3, 0.4) is 0 Å². The van der Waals surface area contributed by atoms with Gasteiger partial charge in [0.2, 0.25) is 5.95 Å². The second-order valence-corrected chi connectivity index (χ2v) is 8.55. The van der Waals surface area contributed by atoms with E-state index in [9.17, 15) is 0 Å². The number of likely N-dealkylation sites (tertiary alicyclic amines) is 1. The molecule has 3 fully saturated rings. The topological polar surface area (TPSA) is 64.8 Å². The average molecular weight is 374 g/mol. The number of nitrogen functional groups attached to an aromatic ring is 1. The number of rotatable bonds is 4. The molecule has 27 heavy (non-hydrogen) atoms. The molecule has 0 unspecified atom stereocenters. The van der Waals surface area contributed by atoms with Gasteiger partial charge in [-0.25, -0.2) is 0 Å². The van der Waals surface area contributed by atoms with Gasteiger partial charge in [-0.2, -0.15) is 9.97 Å². The standard InChI is InChI=1S/C20H35N7/c1-24-10-12-26(13-11-24)18-14-19(23-20(21)22-18)27-9-5-6-17(16-27)15-25-7-3-2-4-8-25/h14,17H,2-13,15-16H2,1H3,(H2,21,22,23)/t17-/m1/s1. The molecule has 0 aromatic carbocycles. The number of anilines is 3. The van der Waals surface area contributed by atoms with Gasteiger partial charge in [0.1, 0.15) is 11.6 Å². The van der Waals surface area contributed by atoms with Gasteiger partial charge in [-0.15, -0.1) is 0 Å². The Morgan fingerprint density at radius 2 is 1.59 bits per heavy atom. The molecule has 1 aromatic rings. The van der Waals surface area contributed by atoms with Crippen LogP contribution in [0.5, 0.6) is 0 Å². The number of piperidine rings is 2. The molecule has 4 rings (SSSR count). The monoisotopic (exact) mass is 373 g/mol. The second kappa shape index (κ2) is 8.61. The van der Waals surface area contributed by atoms with Crippen LogP contribution in [0.4, 0.5) is 17.6 Å². The smallest absolute Gasteiger partial charge is 0.223 e. The van der Waals surface area contributed by atoms with Crippen LogP contribution in [0.15, 0.2) is 6.07 Å². The second-order valence-electron chi connectivity index (χ2n) is 8.55. The molecule has 150 valence electrons. The molecule has 1 atom stereocenters. The van der Waals surface area contributed by atoms with Gasteiger partial charge in [0.05, 0.1) is 0 Å². The Morgan fingerprint density at radius 1 is 0.889 bits per heavy atom. The van der Waals surface area contributed by atoms with Crippen molar-refractivity contribution in [3.63, 3.8) is 0 Å². The minimum absolute atomic E-state index is 0.402. The zero-order valence-corrected chi connectivity index (χ0v) is 16.8. The van der Waals surface area contributed by atoms with Crippen molar-refractivity contribution in [2.75, 3.05) is 81.5 Å². The third-order valence-electron chi connectivity index (χ3n) is 6.35. The maximum Gasteiger partial charge on any atom is 0.223 e. The summed E-state index contributed by atoms with van der Waals surface area (Å²) >= 11 is 0. The van der Waals surface area contributed by atoms with Crippen molar-refractivity contribution in [2.45, 2.75) is 32.1 Å². The van der Waals surface area contributed by atoms with Gasteiger partial charge in [-0.05, 0) is 51.7 Å². The molecule has 0 saturated carbocycles. The van der Waals surface area contributed by atoms with E-state index >= 15 is 0 Å². The molecule has 3 aliphatic heterocycles. The van der Waals surface area contributed by atoms with E-state index in [1.165, 1.54) is 51.7 Å². The van der Waals surface area contributed by atoms with Crippen LogP contribution in [0, 0.1) is 5.92 Å². The summed E-state index contributed by atoms with van der Waals surface area (Å²) in [6.45, 7) is 10.1. The molecule has 2 N–H and O–H groups in total. The highest BCUT2D eigenvalue weighted by atomic mass is 15.3. The first-order valence-corrected chi connectivity index (χ1v) is 10.7. The molecule has 0 bridgehead atoms. The number of nitrogens with zero attached hydrogens (tertiary/aromatic N) is 6. The predicted octanol–water partition coefficient (Wildman–Crippen LogP) is 1.51. The third-order valence-corrected chi connectivity index (χ3v) is 6.35. The van der Waals surface area contributed by atoms with Crippen LogP contribution >= 0.6 is 0 Å². The minimum atomic E-state index is 0.402. The van der Waals surface area contributed by atoms with Crippen molar-refractivity contribution in [1.29, 1.82) is 0 Å². The predicted molar refractivity (Wildman–Crippen MR) is 111 cm³/mol. The Kier molecular flexibility index (Phi) is 5.98. The van der Waals surface area contributed by atoms with Gasteiger partial charge in [0.15, 0.2) is 0 Å². The average Bonchev–Trinajstić information content (AvgIpc) is 2.69. The molecule has 3 aliphatic rings. The normalized spacial score (nSPS) is 25.7. The maximum atomic E-state index is 6.09. The zero-order valence-electron chi connectivity index (χ0n) is 16.8. The van der Waals surface area contributed by atoms with Crippen molar-refractivity contribution >= 4 is 17.6 Å². The molecule has 0 aliphatic carbocycles. The van der Waals surface area contributed by atoms with E-state index < -0.39 is 0 Å². The Labute approximate surface area is 163 Å². The fraction of sp³-hybridized carbons (Fsp3) is 0.800. The van der Waals surface area contributed by atoms with E-state index in [2.05, 4.69) is 42.7 Å². The Bertz CT molecular complexity index is 608. The van der Waals surface area contributed by atoms with Crippen LogP contribution in [0.1, 0.15) is 32.1 Å². The van der Waals surface area contributed by atoms with Crippen molar-refractivity contribution < 1.29 is 0 Å². The number of piperazine rings is 1. The molecule has 0 amide bonds. The summed E-state index contributed by atoms with van der Waals surface area (Å²) in [7, 11) is 2.17. The molecule has 4 heterocycles. The van der Waals surface area contributed by atoms with Gasteiger partial charge >= 0.3 is 0 Å². The lowest BCUT2D eigenvalue weighted by Gasteiger charge is -2.38. The van der Waals surface area contributed by atoms with Crippen LogP contribution in [-0.4, -0.2) is 85.7 Å². The number of hydrogen-bond donors (Lipinski definition) is 1. The number of nitrogens with two attached hydrogens (primary N) is 1. The zero-order chi connectivity index (χ0) is 18.6.